The van der Waals surface area contributed by atoms with Crippen LogP contribution >= 0.6 is 0 Å². The van der Waals surface area contributed by atoms with Crippen molar-refractivity contribution in [3.63, 3.8) is 0 Å². The van der Waals surface area contributed by atoms with Gasteiger partial charge in [-0.3, -0.25) is 9.78 Å². The minimum atomic E-state index is 0.138. The zero-order chi connectivity index (χ0) is 11.4. The summed E-state index contributed by atoms with van der Waals surface area (Å²) >= 11 is 0. The van der Waals surface area contributed by atoms with Gasteiger partial charge in [0.2, 0.25) is 6.41 Å². The van der Waals surface area contributed by atoms with E-state index in [-0.39, 0.29) is 5.75 Å². The van der Waals surface area contributed by atoms with E-state index in [1.54, 1.807) is 42.6 Å². The lowest BCUT2D eigenvalue weighted by molar-refractivity contribution is -0.105. The second-order valence-corrected chi connectivity index (χ2v) is 3.21. The van der Waals surface area contributed by atoms with Crippen LogP contribution in [0.15, 0.2) is 42.6 Å². The molecular formula is C12H10N2O2. The van der Waals surface area contributed by atoms with E-state index in [1.165, 1.54) is 0 Å². The predicted octanol–water partition coefficient (Wildman–Crippen LogP) is 2.02. The number of aromatic nitrogens is 1. The molecule has 4 nitrogen and oxygen atoms in total. The van der Waals surface area contributed by atoms with Crippen LogP contribution in [0.25, 0.3) is 11.3 Å². The van der Waals surface area contributed by atoms with Crippen LogP contribution in [0.2, 0.25) is 0 Å². The van der Waals surface area contributed by atoms with Gasteiger partial charge in [0.05, 0.1) is 0 Å². The lowest BCUT2D eigenvalue weighted by atomic mass is 10.1. The Hall–Kier alpha value is -2.36. The highest BCUT2D eigenvalue weighted by Crippen LogP contribution is 2.26. The summed E-state index contributed by atoms with van der Waals surface area (Å²) in [5, 5.41) is 12.1. The first-order valence-corrected chi connectivity index (χ1v) is 4.76. The summed E-state index contributed by atoms with van der Waals surface area (Å²) in [7, 11) is 0. The number of nitrogens with zero attached hydrogens (tertiary/aromatic N) is 1. The van der Waals surface area contributed by atoms with Gasteiger partial charge in [0.25, 0.3) is 0 Å². The maximum absolute atomic E-state index is 10.2. The second kappa shape index (κ2) is 4.44. The molecule has 0 radical (unpaired) electrons. The highest BCUT2D eigenvalue weighted by Gasteiger charge is 2.04. The van der Waals surface area contributed by atoms with Crippen molar-refractivity contribution < 1.29 is 9.90 Å². The first kappa shape index (κ1) is 10.2. The fraction of sp³-hybridized carbons (Fsp3) is 0. The molecule has 16 heavy (non-hydrogen) atoms. The molecule has 1 amide bonds. The van der Waals surface area contributed by atoms with Gasteiger partial charge >= 0.3 is 0 Å². The monoisotopic (exact) mass is 214 g/mol. The molecule has 0 bridgehead atoms. The average molecular weight is 214 g/mol. The van der Waals surface area contributed by atoms with E-state index < -0.39 is 0 Å². The van der Waals surface area contributed by atoms with Crippen molar-refractivity contribution >= 4 is 12.1 Å². The molecule has 1 aromatic carbocycles. The van der Waals surface area contributed by atoms with E-state index in [1.807, 2.05) is 0 Å². The lowest BCUT2D eigenvalue weighted by Gasteiger charge is -2.04. The molecule has 0 aliphatic rings. The molecule has 0 atom stereocenters. The number of anilines is 1. The van der Waals surface area contributed by atoms with E-state index in [2.05, 4.69) is 10.3 Å². The van der Waals surface area contributed by atoms with E-state index in [9.17, 15) is 9.90 Å². The van der Waals surface area contributed by atoms with Crippen LogP contribution in [-0.4, -0.2) is 16.5 Å². The van der Waals surface area contributed by atoms with Crippen molar-refractivity contribution in [1.82, 2.24) is 4.98 Å². The highest BCUT2D eigenvalue weighted by atomic mass is 16.3. The summed E-state index contributed by atoms with van der Waals surface area (Å²) < 4.78 is 0. The van der Waals surface area contributed by atoms with Gasteiger partial charge in [-0.15, -0.1) is 0 Å². The molecule has 0 saturated heterocycles. The van der Waals surface area contributed by atoms with Crippen LogP contribution in [0.4, 0.5) is 5.69 Å². The number of rotatable bonds is 3. The van der Waals surface area contributed by atoms with Crippen molar-refractivity contribution in [2.45, 2.75) is 0 Å². The van der Waals surface area contributed by atoms with Crippen LogP contribution < -0.4 is 5.32 Å². The summed E-state index contributed by atoms with van der Waals surface area (Å²) in [6, 6.07) is 10.3. The van der Waals surface area contributed by atoms with E-state index >= 15 is 0 Å². The molecule has 0 aliphatic carbocycles. The first-order chi connectivity index (χ1) is 7.81. The summed E-state index contributed by atoms with van der Waals surface area (Å²) in [6.07, 6.45) is 2.24. The van der Waals surface area contributed by atoms with Crippen LogP contribution in [-0.2, 0) is 4.79 Å². The van der Waals surface area contributed by atoms with Gasteiger partial charge < -0.3 is 10.4 Å². The molecule has 0 unspecified atom stereocenters. The van der Waals surface area contributed by atoms with Gasteiger partial charge in [0, 0.05) is 17.4 Å². The minimum absolute atomic E-state index is 0.138. The van der Waals surface area contributed by atoms with Crippen molar-refractivity contribution in [3.05, 3.63) is 42.6 Å². The Labute approximate surface area is 92.6 Å². The number of pyridine rings is 1. The molecule has 4 heteroatoms. The third kappa shape index (κ3) is 2.00. The summed E-state index contributed by atoms with van der Waals surface area (Å²) in [4.78, 5) is 14.3. The van der Waals surface area contributed by atoms with Crippen molar-refractivity contribution in [2.24, 2.45) is 0 Å². The molecule has 2 aromatic rings. The van der Waals surface area contributed by atoms with Gasteiger partial charge in [-0.25, -0.2) is 0 Å². The molecule has 0 aliphatic heterocycles. The Morgan fingerprint density at radius 3 is 2.56 bits per heavy atom. The largest absolute Gasteiger partial charge is 0.506 e. The van der Waals surface area contributed by atoms with Crippen molar-refractivity contribution in [3.8, 4) is 17.0 Å². The molecule has 0 spiro atoms. The number of aromatic hydroxyl groups is 1. The van der Waals surface area contributed by atoms with Gasteiger partial charge in [-0.05, 0) is 24.3 Å². The fourth-order valence-corrected chi connectivity index (χ4v) is 1.41. The number of hydrogen-bond acceptors (Lipinski definition) is 3. The minimum Gasteiger partial charge on any atom is -0.506 e. The number of amides is 1. The van der Waals surface area contributed by atoms with Crippen molar-refractivity contribution in [1.29, 1.82) is 0 Å². The summed E-state index contributed by atoms with van der Waals surface area (Å²) in [6.45, 7) is 0. The maximum Gasteiger partial charge on any atom is 0.211 e. The van der Waals surface area contributed by atoms with Gasteiger partial charge in [-0.2, -0.15) is 0 Å². The Balaban J connectivity index is 2.35. The Bertz CT molecular complexity index is 495. The second-order valence-electron chi connectivity index (χ2n) is 3.21. The first-order valence-electron chi connectivity index (χ1n) is 4.76. The number of carbonyl (C=O) groups excluding carboxylic acids is 1. The van der Waals surface area contributed by atoms with Crippen LogP contribution in [0.5, 0.6) is 5.75 Å². The summed E-state index contributed by atoms with van der Waals surface area (Å²) in [5.41, 5.74) is 2.03. The normalized spacial score (nSPS) is 9.75. The van der Waals surface area contributed by atoms with E-state index in [4.69, 9.17) is 0 Å². The standard InChI is InChI=1S/C12H10N2O2/c15-8-14-10-5-3-9(4-6-10)12-11(16)2-1-7-13-12/h1-8,16H,(H,14,15). The molecule has 80 valence electrons. The molecule has 0 saturated carbocycles. The summed E-state index contributed by atoms with van der Waals surface area (Å²) in [5.74, 6) is 0.138. The third-order valence-electron chi connectivity index (χ3n) is 2.17. The molecule has 1 heterocycles. The zero-order valence-corrected chi connectivity index (χ0v) is 8.42. The quantitative estimate of drug-likeness (QED) is 0.768. The number of carbonyl (C=O) groups is 1. The van der Waals surface area contributed by atoms with Crippen LogP contribution in [0, 0.1) is 0 Å². The topological polar surface area (TPSA) is 62.2 Å². The molecule has 1 aromatic heterocycles. The number of benzene rings is 1. The smallest absolute Gasteiger partial charge is 0.211 e. The highest BCUT2D eigenvalue weighted by molar-refractivity contribution is 5.74. The average Bonchev–Trinajstić information content (AvgIpc) is 2.31. The van der Waals surface area contributed by atoms with Gasteiger partial charge in [0.15, 0.2) is 0 Å². The Morgan fingerprint density at radius 2 is 1.94 bits per heavy atom. The van der Waals surface area contributed by atoms with Gasteiger partial charge in [0.1, 0.15) is 11.4 Å². The Kier molecular flexibility index (Phi) is 2.82. The van der Waals surface area contributed by atoms with Crippen molar-refractivity contribution in [2.75, 3.05) is 5.32 Å². The lowest BCUT2D eigenvalue weighted by Crippen LogP contribution is -1.93. The van der Waals surface area contributed by atoms with E-state index in [0.29, 0.717) is 17.8 Å². The fourth-order valence-electron chi connectivity index (χ4n) is 1.41. The van der Waals surface area contributed by atoms with E-state index in [0.717, 1.165) is 5.56 Å². The Morgan fingerprint density at radius 1 is 1.19 bits per heavy atom. The predicted molar refractivity (Wildman–Crippen MR) is 61.0 cm³/mol. The zero-order valence-electron chi connectivity index (χ0n) is 8.42. The molecule has 2 N–H and O–H groups in total. The SMILES string of the molecule is O=CNc1ccc(-c2ncccc2O)cc1. The van der Waals surface area contributed by atoms with Crippen LogP contribution in [0.1, 0.15) is 0 Å². The molecular weight excluding hydrogens is 204 g/mol. The third-order valence-corrected chi connectivity index (χ3v) is 2.17. The number of nitrogens with one attached hydrogen (secondary N) is 1. The molecule has 2 rings (SSSR count). The number of hydrogen-bond donors (Lipinski definition) is 2. The maximum atomic E-state index is 10.2. The van der Waals surface area contributed by atoms with Crippen LogP contribution in [0.3, 0.4) is 0 Å². The molecule has 0 fully saturated rings. The van der Waals surface area contributed by atoms with Gasteiger partial charge in [-0.1, -0.05) is 12.1 Å².